The van der Waals surface area contributed by atoms with Gasteiger partial charge >= 0.3 is 0 Å². The Morgan fingerprint density at radius 3 is 2.74 bits per heavy atom. The molecule has 1 atom stereocenters. The lowest BCUT2D eigenvalue weighted by Crippen LogP contribution is -2.37. The molecule has 0 aliphatic rings. The number of nitro groups is 1. The van der Waals surface area contributed by atoms with Crippen molar-refractivity contribution in [2.24, 2.45) is 0 Å². The number of hydrogen-bond donors (Lipinski definition) is 2. The van der Waals surface area contributed by atoms with Gasteiger partial charge in [-0.3, -0.25) is 14.9 Å². The topological polar surface area (TPSA) is 97.4 Å². The lowest BCUT2D eigenvalue weighted by Gasteiger charge is -2.14. The summed E-state index contributed by atoms with van der Waals surface area (Å²) in [7, 11) is 0. The van der Waals surface area contributed by atoms with Gasteiger partial charge in [0.2, 0.25) is 0 Å². The van der Waals surface area contributed by atoms with Crippen LogP contribution in [0.4, 0.5) is 5.69 Å². The molecule has 0 bridgehead atoms. The highest BCUT2D eigenvalue weighted by Crippen LogP contribution is 2.17. The maximum absolute atomic E-state index is 12.0. The van der Waals surface area contributed by atoms with Crippen molar-refractivity contribution in [3.63, 3.8) is 0 Å². The number of carbonyl (C=O) groups is 1. The van der Waals surface area contributed by atoms with Crippen molar-refractivity contribution in [2.75, 3.05) is 6.61 Å². The van der Waals surface area contributed by atoms with Crippen molar-refractivity contribution in [2.45, 2.75) is 39.3 Å². The monoisotopic (exact) mass is 269 g/mol. The van der Waals surface area contributed by atoms with E-state index in [4.69, 9.17) is 5.11 Å². The minimum atomic E-state index is -0.522. The van der Waals surface area contributed by atoms with Crippen LogP contribution in [0.15, 0.2) is 12.3 Å². The molecule has 0 aromatic carbocycles. The first-order valence-electron chi connectivity index (χ1n) is 6.29. The summed E-state index contributed by atoms with van der Waals surface area (Å²) in [5.41, 5.74) is 0.149. The fourth-order valence-electron chi connectivity index (χ4n) is 1.75. The number of amides is 1. The van der Waals surface area contributed by atoms with E-state index in [1.54, 1.807) is 4.57 Å². The molecular weight excluding hydrogens is 250 g/mol. The minimum Gasteiger partial charge on any atom is -0.394 e. The van der Waals surface area contributed by atoms with Gasteiger partial charge in [-0.25, -0.2) is 0 Å². The molecule has 1 aromatic heterocycles. The first-order chi connectivity index (χ1) is 9.03. The molecule has 0 aliphatic carbocycles. The highest BCUT2D eigenvalue weighted by atomic mass is 16.6. The number of hydrogen-bond acceptors (Lipinski definition) is 4. The Balaban J connectivity index is 2.96. The van der Waals surface area contributed by atoms with Crippen molar-refractivity contribution in [1.82, 2.24) is 9.88 Å². The van der Waals surface area contributed by atoms with E-state index < -0.39 is 10.8 Å². The van der Waals surface area contributed by atoms with Gasteiger partial charge < -0.3 is 15.0 Å². The van der Waals surface area contributed by atoms with Crippen LogP contribution in [0.1, 0.15) is 37.2 Å². The molecular formula is C12H19N3O4. The van der Waals surface area contributed by atoms with Crippen molar-refractivity contribution in [1.29, 1.82) is 0 Å². The van der Waals surface area contributed by atoms with Gasteiger partial charge in [-0.2, -0.15) is 0 Å². The van der Waals surface area contributed by atoms with Crippen molar-refractivity contribution in [3.8, 4) is 0 Å². The summed E-state index contributed by atoms with van der Waals surface area (Å²) in [5, 5.41) is 22.5. The molecule has 0 saturated carbocycles. The highest BCUT2D eigenvalue weighted by Gasteiger charge is 2.20. The zero-order valence-corrected chi connectivity index (χ0v) is 11.1. The fourth-order valence-corrected chi connectivity index (χ4v) is 1.75. The predicted octanol–water partition coefficient (Wildman–Crippen LogP) is 1.31. The number of rotatable bonds is 7. The highest BCUT2D eigenvalue weighted by molar-refractivity contribution is 5.93. The Hall–Kier alpha value is -1.89. The van der Waals surface area contributed by atoms with Crippen LogP contribution in [-0.4, -0.2) is 33.2 Å². The molecule has 7 heteroatoms. The predicted molar refractivity (Wildman–Crippen MR) is 70.0 cm³/mol. The van der Waals surface area contributed by atoms with E-state index in [1.807, 2.05) is 13.8 Å². The van der Waals surface area contributed by atoms with Crippen LogP contribution < -0.4 is 5.32 Å². The number of aryl methyl sites for hydroxylation is 1. The average Bonchev–Trinajstić information content (AvgIpc) is 2.80. The zero-order valence-electron chi connectivity index (χ0n) is 11.1. The summed E-state index contributed by atoms with van der Waals surface area (Å²) < 4.78 is 1.57. The molecule has 0 saturated heterocycles. The van der Waals surface area contributed by atoms with Gasteiger partial charge in [0.1, 0.15) is 5.69 Å². The summed E-state index contributed by atoms with van der Waals surface area (Å²) in [4.78, 5) is 22.3. The second kappa shape index (κ2) is 6.89. The van der Waals surface area contributed by atoms with E-state index in [-0.39, 0.29) is 24.0 Å². The largest absolute Gasteiger partial charge is 0.394 e. The first kappa shape index (κ1) is 15.2. The number of nitrogens with one attached hydrogen (secondary N) is 1. The van der Waals surface area contributed by atoms with E-state index in [0.717, 1.165) is 6.42 Å². The van der Waals surface area contributed by atoms with Crippen molar-refractivity contribution in [3.05, 3.63) is 28.1 Å². The molecule has 1 rings (SSSR count). The van der Waals surface area contributed by atoms with Crippen LogP contribution in [-0.2, 0) is 6.54 Å². The maximum Gasteiger partial charge on any atom is 0.287 e. The molecule has 7 nitrogen and oxygen atoms in total. The molecule has 0 radical (unpaired) electrons. The van der Waals surface area contributed by atoms with Crippen LogP contribution in [0.5, 0.6) is 0 Å². The Morgan fingerprint density at radius 2 is 2.26 bits per heavy atom. The minimum absolute atomic E-state index is 0.101. The molecule has 2 N–H and O–H groups in total. The third kappa shape index (κ3) is 3.78. The van der Waals surface area contributed by atoms with Crippen LogP contribution >= 0.6 is 0 Å². The molecule has 19 heavy (non-hydrogen) atoms. The van der Waals surface area contributed by atoms with E-state index in [2.05, 4.69) is 5.32 Å². The quantitative estimate of drug-likeness (QED) is 0.576. The summed E-state index contributed by atoms with van der Waals surface area (Å²) >= 11 is 0. The smallest absolute Gasteiger partial charge is 0.287 e. The van der Waals surface area contributed by atoms with Gasteiger partial charge in [-0.15, -0.1) is 0 Å². The molecule has 0 spiro atoms. The standard InChI is InChI=1S/C12H19N3O4/c1-3-5-14-7-10(15(18)19)6-11(14)12(17)13-9(4-2)8-16/h6-7,9,16H,3-5,8H2,1-2H3,(H,13,17)/t9-/m1/s1. The molecule has 106 valence electrons. The van der Waals surface area contributed by atoms with Crippen molar-refractivity contribution < 1.29 is 14.8 Å². The molecule has 1 amide bonds. The first-order valence-corrected chi connectivity index (χ1v) is 6.29. The Bertz CT molecular complexity index is 452. The SMILES string of the molecule is CCCn1cc([N+](=O)[O-])cc1C(=O)N[C@H](CC)CO. The van der Waals surface area contributed by atoms with Gasteiger partial charge in [0.05, 0.1) is 23.8 Å². The summed E-state index contributed by atoms with van der Waals surface area (Å²) in [6.07, 6.45) is 2.72. The molecule has 0 unspecified atom stereocenters. The van der Waals surface area contributed by atoms with Crippen LogP contribution in [0.3, 0.4) is 0 Å². The third-order valence-electron chi connectivity index (χ3n) is 2.84. The van der Waals surface area contributed by atoms with E-state index >= 15 is 0 Å². The van der Waals surface area contributed by atoms with Crippen LogP contribution in [0.2, 0.25) is 0 Å². The number of nitrogens with zero attached hydrogens (tertiary/aromatic N) is 2. The van der Waals surface area contributed by atoms with Crippen molar-refractivity contribution >= 4 is 11.6 Å². The Kier molecular flexibility index (Phi) is 5.50. The van der Waals surface area contributed by atoms with Gasteiger partial charge in [0, 0.05) is 12.6 Å². The van der Waals surface area contributed by atoms with Crippen LogP contribution in [0.25, 0.3) is 0 Å². The summed E-state index contributed by atoms with van der Waals surface area (Å²) in [6.45, 7) is 4.15. The fraction of sp³-hybridized carbons (Fsp3) is 0.583. The second-order valence-corrected chi connectivity index (χ2v) is 4.30. The summed E-state index contributed by atoms with van der Waals surface area (Å²) in [5.74, 6) is -0.401. The lowest BCUT2D eigenvalue weighted by atomic mass is 10.2. The Labute approximate surface area is 111 Å². The van der Waals surface area contributed by atoms with Gasteiger partial charge in [-0.05, 0) is 12.8 Å². The summed E-state index contributed by atoms with van der Waals surface area (Å²) in [6, 6.07) is 0.922. The van der Waals surface area contributed by atoms with E-state index in [0.29, 0.717) is 13.0 Å². The maximum atomic E-state index is 12.0. The Morgan fingerprint density at radius 1 is 1.58 bits per heavy atom. The third-order valence-corrected chi connectivity index (χ3v) is 2.84. The number of carbonyl (C=O) groups excluding carboxylic acids is 1. The van der Waals surface area contributed by atoms with E-state index in [1.165, 1.54) is 12.3 Å². The zero-order chi connectivity index (χ0) is 14.4. The number of aliphatic hydroxyl groups is 1. The normalized spacial score (nSPS) is 12.2. The van der Waals surface area contributed by atoms with Gasteiger partial charge in [0.15, 0.2) is 0 Å². The number of aliphatic hydroxyl groups excluding tert-OH is 1. The number of aromatic nitrogens is 1. The molecule has 1 aromatic rings. The average molecular weight is 269 g/mol. The van der Waals surface area contributed by atoms with Crippen LogP contribution in [0, 0.1) is 10.1 Å². The van der Waals surface area contributed by atoms with Gasteiger partial charge in [-0.1, -0.05) is 13.8 Å². The van der Waals surface area contributed by atoms with Gasteiger partial charge in [0.25, 0.3) is 11.6 Å². The van der Waals surface area contributed by atoms with E-state index in [9.17, 15) is 14.9 Å². The molecule has 0 fully saturated rings. The second-order valence-electron chi connectivity index (χ2n) is 4.30. The molecule has 1 heterocycles. The molecule has 0 aliphatic heterocycles. The lowest BCUT2D eigenvalue weighted by molar-refractivity contribution is -0.384.